The minimum Gasteiger partial charge on any atom is -0.449 e. The molecule has 3 nitrogen and oxygen atoms in total. The molecule has 18 heavy (non-hydrogen) atoms. The van der Waals surface area contributed by atoms with E-state index in [0.717, 1.165) is 6.42 Å². The molecule has 0 aromatic rings. The first-order chi connectivity index (χ1) is 8.81. The summed E-state index contributed by atoms with van der Waals surface area (Å²) in [6, 6.07) is 0. The van der Waals surface area contributed by atoms with Crippen LogP contribution in [0.1, 0.15) is 64.7 Å². The highest BCUT2D eigenvalue weighted by atomic mass is 16.5. The molecule has 0 heterocycles. The highest BCUT2D eigenvalue weighted by Gasteiger charge is 1.99. The summed E-state index contributed by atoms with van der Waals surface area (Å²) in [5, 5.41) is 2.72. The first-order valence-electron chi connectivity index (χ1n) is 7.15. The summed E-state index contributed by atoms with van der Waals surface area (Å²) in [5.74, 6) is 2.42. The van der Waals surface area contributed by atoms with Gasteiger partial charge >= 0.3 is 6.09 Å². The standard InChI is InChI=1S/C15H27NO2/c1-3-5-7-8-9-10-11-12-13-16-15(17)18-14-6-4-2/h2H,3,5-14H2,1H3,(H,16,17). The van der Waals surface area contributed by atoms with Crippen molar-refractivity contribution in [3.8, 4) is 12.3 Å². The van der Waals surface area contributed by atoms with Crippen molar-refractivity contribution in [2.75, 3.05) is 13.2 Å². The van der Waals surface area contributed by atoms with Crippen LogP contribution in [-0.4, -0.2) is 19.2 Å². The molecule has 0 atom stereocenters. The van der Waals surface area contributed by atoms with Gasteiger partial charge in [-0.05, 0) is 6.42 Å². The van der Waals surface area contributed by atoms with Crippen LogP contribution in [0.15, 0.2) is 0 Å². The molecule has 0 saturated heterocycles. The minimum absolute atomic E-state index is 0.305. The number of nitrogens with one attached hydrogen (secondary N) is 1. The second-order valence-electron chi connectivity index (χ2n) is 4.49. The fourth-order valence-corrected chi connectivity index (χ4v) is 1.70. The Balaban J connectivity index is 3.10. The highest BCUT2D eigenvalue weighted by Crippen LogP contribution is 2.07. The van der Waals surface area contributed by atoms with Crippen molar-refractivity contribution < 1.29 is 9.53 Å². The van der Waals surface area contributed by atoms with Gasteiger partial charge in [0, 0.05) is 13.0 Å². The van der Waals surface area contributed by atoms with Gasteiger partial charge in [0.1, 0.15) is 6.61 Å². The van der Waals surface area contributed by atoms with E-state index in [1.165, 1.54) is 44.9 Å². The van der Waals surface area contributed by atoms with Gasteiger partial charge in [0.25, 0.3) is 0 Å². The number of hydrogen-bond donors (Lipinski definition) is 1. The van der Waals surface area contributed by atoms with Gasteiger partial charge < -0.3 is 10.1 Å². The number of rotatable bonds is 11. The monoisotopic (exact) mass is 253 g/mol. The van der Waals surface area contributed by atoms with Gasteiger partial charge in [-0.1, -0.05) is 51.9 Å². The van der Waals surface area contributed by atoms with Gasteiger partial charge in [-0.2, -0.15) is 0 Å². The van der Waals surface area contributed by atoms with Gasteiger partial charge in [0.15, 0.2) is 0 Å². The first kappa shape index (κ1) is 16.8. The van der Waals surface area contributed by atoms with Crippen molar-refractivity contribution in [2.45, 2.75) is 64.7 Å². The molecule has 0 aromatic heterocycles. The maximum absolute atomic E-state index is 11.1. The van der Waals surface area contributed by atoms with Crippen LogP contribution < -0.4 is 5.32 Å². The number of unbranched alkanes of at least 4 members (excludes halogenated alkanes) is 7. The third-order valence-electron chi connectivity index (χ3n) is 2.78. The molecule has 0 aliphatic rings. The van der Waals surface area contributed by atoms with Crippen LogP contribution in [-0.2, 0) is 4.74 Å². The lowest BCUT2D eigenvalue weighted by atomic mass is 10.1. The normalized spacial score (nSPS) is 9.78. The predicted octanol–water partition coefficient (Wildman–Crippen LogP) is 3.88. The number of carbonyl (C=O) groups excluding carboxylic acids is 1. The molecular formula is C15H27NO2. The zero-order chi connectivity index (χ0) is 13.5. The number of amides is 1. The van der Waals surface area contributed by atoms with Gasteiger partial charge in [-0.15, -0.1) is 12.3 Å². The van der Waals surface area contributed by atoms with E-state index in [1.54, 1.807) is 0 Å². The van der Waals surface area contributed by atoms with Crippen molar-refractivity contribution in [1.29, 1.82) is 0 Å². The second kappa shape index (κ2) is 13.9. The summed E-state index contributed by atoms with van der Waals surface area (Å²) in [6.45, 7) is 3.23. The van der Waals surface area contributed by atoms with Gasteiger partial charge in [0.2, 0.25) is 0 Å². The van der Waals surface area contributed by atoms with Gasteiger partial charge in [-0.25, -0.2) is 4.79 Å². The van der Waals surface area contributed by atoms with E-state index in [4.69, 9.17) is 11.2 Å². The Morgan fingerprint density at radius 1 is 1.11 bits per heavy atom. The van der Waals surface area contributed by atoms with E-state index < -0.39 is 0 Å². The molecule has 0 fully saturated rings. The third kappa shape index (κ3) is 12.9. The van der Waals surface area contributed by atoms with Crippen molar-refractivity contribution in [3.05, 3.63) is 0 Å². The molecule has 0 aliphatic carbocycles. The molecule has 0 saturated carbocycles. The summed E-state index contributed by atoms with van der Waals surface area (Å²) >= 11 is 0. The van der Waals surface area contributed by atoms with Crippen LogP contribution in [0.4, 0.5) is 4.79 Å². The van der Waals surface area contributed by atoms with Gasteiger partial charge in [-0.3, -0.25) is 0 Å². The molecule has 3 heteroatoms. The number of carbonyl (C=O) groups is 1. The highest BCUT2D eigenvalue weighted by molar-refractivity contribution is 5.66. The Morgan fingerprint density at radius 2 is 1.72 bits per heavy atom. The van der Waals surface area contributed by atoms with Crippen molar-refractivity contribution >= 4 is 6.09 Å². The van der Waals surface area contributed by atoms with E-state index in [-0.39, 0.29) is 6.09 Å². The lowest BCUT2D eigenvalue weighted by Gasteiger charge is -2.05. The average molecular weight is 253 g/mol. The lowest BCUT2D eigenvalue weighted by Crippen LogP contribution is -2.25. The first-order valence-corrected chi connectivity index (χ1v) is 7.15. The Bertz CT molecular complexity index is 233. The summed E-state index contributed by atoms with van der Waals surface area (Å²) in [4.78, 5) is 11.1. The molecule has 0 unspecified atom stereocenters. The molecule has 0 spiro atoms. The van der Waals surface area contributed by atoms with E-state index in [1.807, 2.05) is 0 Å². The molecule has 0 rings (SSSR count). The van der Waals surface area contributed by atoms with Crippen LogP contribution in [0.25, 0.3) is 0 Å². The van der Waals surface area contributed by atoms with Crippen LogP contribution in [0.2, 0.25) is 0 Å². The van der Waals surface area contributed by atoms with E-state index in [0.29, 0.717) is 19.6 Å². The number of terminal acetylenes is 1. The van der Waals surface area contributed by atoms with Crippen molar-refractivity contribution in [2.24, 2.45) is 0 Å². The van der Waals surface area contributed by atoms with Crippen LogP contribution in [0, 0.1) is 12.3 Å². The summed E-state index contributed by atoms with van der Waals surface area (Å²) < 4.78 is 4.86. The maximum atomic E-state index is 11.1. The van der Waals surface area contributed by atoms with Gasteiger partial charge in [0.05, 0.1) is 0 Å². The van der Waals surface area contributed by atoms with Crippen LogP contribution in [0.5, 0.6) is 0 Å². The van der Waals surface area contributed by atoms with Crippen LogP contribution >= 0.6 is 0 Å². The topological polar surface area (TPSA) is 38.3 Å². The Morgan fingerprint density at radius 3 is 2.33 bits per heavy atom. The van der Waals surface area contributed by atoms with Crippen molar-refractivity contribution in [3.63, 3.8) is 0 Å². The molecule has 0 radical (unpaired) electrons. The predicted molar refractivity (Wildman–Crippen MR) is 75.4 cm³/mol. The van der Waals surface area contributed by atoms with E-state index in [2.05, 4.69) is 18.2 Å². The SMILES string of the molecule is C#CCCOC(=O)NCCCCCCCCCC. The summed E-state index contributed by atoms with van der Waals surface area (Å²) in [7, 11) is 0. The molecule has 1 N–H and O–H groups in total. The molecule has 104 valence electrons. The molecule has 1 amide bonds. The fraction of sp³-hybridized carbons (Fsp3) is 0.800. The number of alkyl carbamates (subject to hydrolysis) is 1. The quantitative estimate of drug-likeness (QED) is 0.448. The Labute approximate surface area is 112 Å². The number of ether oxygens (including phenoxy) is 1. The Kier molecular flexibility index (Phi) is 13.0. The third-order valence-corrected chi connectivity index (χ3v) is 2.78. The summed E-state index contributed by atoms with van der Waals surface area (Å²) in [6.07, 6.45) is 15.3. The smallest absolute Gasteiger partial charge is 0.407 e. The zero-order valence-corrected chi connectivity index (χ0v) is 11.7. The van der Waals surface area contributed by atoms with E-state index in [9.17, 15) is 4.79 Å². The summed E-state index contributed by atoms with van der Waals surface area (Å²) in [5.41, 5.74) is 0. The second-order valence-corrected chi connectivity index (χ2v) is 4.49. The molecule has 0 aliphatic heterocycles. The fourth-order valence-electron chi connectivity index (χ4n) is 1.70. The molecule has 0 bridgehead atoms. The Hall–Kier alpha value is -1.17. The largest absolute Gasteiger partial charge is 0.449 e. The lowest BCUT2D eigenvalue weighted by molar-refractivity contribution is 0.148. The number of hydrogen-bond acceptors (Lipinski definition) is 2. The van der Waals surface area contributed by atoms with E-state index >= 15 is 0 Å². The maximum Gasteiger partial charge on any atom is 0.407 e. The average Bonchev–Trinajstić information content (AvgIpc) is 2.37. The van der Waals surface area contributed by atoms with Crippen LogP contribution in [0.3, 0.4) is 0 Å². The zero-order valence-electron chi connectivity index (χ0n) is 11.7. The van der Waals surface area contributed by atoms with Crippen molar-refractivity contribution in [1.82, 2.24) is 5.32 Å². The molecule has 0 aromatic carbocycles. The molecular weight excluding hydrogens is 226 g/mol. The minimum atomic E-state index is -0.354.